The molecular formula is C20H21ClN2O5. The molecule has 2 aromatic rings. The zero-order chi connectivity index (χ0) is 20.3. The first kappa shape index (κ1) is 19.8. The Kier molecular flexibility index (Phi) is 5.94. The molecule has 0 saturated carbocycles. The lowest BCUT2D eigenvalue weighted by Crippen LogP contribution is -2.28. The highest BCUT2D eigenvalue weighted by Gasteiger charge is 2.36. The van der Waals surface area contributed by atoms with E-state index in [1.54, 1.807) is 36.3 Å². The number of carbonyl (C=O) groups excluding carboxylic acids is 2. The molecule has 1 atom stereocenters. The van der Waals surface area contributed by atoms with Crippen molar-refractivity contribution in [1.29, 1.82) is 0 Å². The summed E-state index contributed by atoms with van der Waals surface area (Å²) in [5.41, 5.74) is 1.08. The molecule has 1 aliphatic rings. The molecule has 1 aliphatic heterocycles. The highest BCUT2D eigenvalue weighted by atomic mass is 35.5. The topological polar surface area (TPSA) is 77.1 Å². The van der Waals surface area contributed by atoms with Gasteiger partial charge in [-0.1, -0.05) is 23.7 Å². The first-order valence-corrected chi connectivity index (χ1v) is 9.02. The number of hydrogen-bond donors (Lipinski definition) is 1. The third-order valence-corrected chi connectivity index (χ3v) is 4.90. The number of anilines is 2. The summed E-state index contributed by atoms with van der Waals surface area (Å²) in [4.78, 5) is 26.9. The van der Waals surface area contributed by atoms with Crippen LogP contribution in [0.2, 0.25) is 5.02 Å². The van der Waals surface area contributed by atoms with Crippen LogP contribution >= 0.6 is 11.6 Å². The SMILES string of the molecule is COc1cc(NC(=O)C2CC(=O)N(c3ccccc3OC)C2)c(OC)cc1Cl. The summed E-state index contributed by atoms with van der Waals surface area (Å²) in [6.07, 6.45) is 0.108. The molecule has 0 aliphatic carbocycles. The van der Waals surface area contributed by atoms with E-state index >= 15 is 0 Å². The Morgan fingerprint density at radius 3 is 2.43 bits per heavy atom. The van der Waals surface area contributed by atoms with Crippen LogP contribution in [0.4, 0.5) is 11.4 Å². The van der Waals surface area contributed by atoms with Gasteiger partial charge < -0.3 is 24.4 Å². The first-order chi connectivity index (χ1) is 13.5. The smallest absolute Gasteiger partial charge is 0.229 e. The molecule has 0 spiro atoms. The van der Waals surface area contributed by atoms with Gasteiger partial charge in [0, 0.05) is 25.1 Å². The number of hydrogen-bond acceptors (Lipinski definition) is 5. The molecule has 1 heterocycles. The highest BCUT2D eigenvalue weighted by molar-refractivity contribution is 6.32. The van der Waals surface area contributed by atoms with Crippen LogP contribution < -0.4 is 24.4 Å². The van der Waals surface area contributed by atoms with Gasteiger partial charge in [0.2, 0.25) is 11.8 Å². The van der Waals surface area contributed by atoms with Gasteiger partial charge in [-0.3, -0.25) is 9.59 Å². The van der Waals surface area contributed by atoms with Crippen LogP contribution in [-0.2, 0) is 9.59 Å². The number of halogens is 1. The van der Waals surface area contributed by atoms with Gasteiger partial charge in [-0.15, -0.1) is 0 Å². The first-order valence-electron chi connectivity index (χ1n) is 8.64. The predicted molar refractivity (Wildman–Crippen MR) is 107 cm³/mol. The quantitative estimate of drug-likeness (QED) is 0.798. The maximum absolute atomic E-state index is 12.8. The van der Waals surface area contributed by atoms with E-state index < -0.39 is 5.92 Å². The Labute approximate surface area is 168 Å². The van der Waals surface area contributed by atoms with E-state index in [1.165, 1.54) is 14.2 Å². The van der Waals surface area contributed by atoms with Gasteiger partial charge in [-0.2, -0.15) is 0 Å². The second-order valence-electron chi connectivity index (χ2n) is 6.25. The van der Waals surface area contributed by atoms with Gasteiger partial charge in [0.15, 0.2) is 0 Å². The summed E-state index contributed by atoms with van der Waals surface area (Å²) in [5.74, 6) is 0.476. The number of benzene rings is 2. The third kappa shape index (κ3) is 3.84. The molecule has 28 heavy (non-hydrogen) atoms. The standard InChI is InChI=1S/C20H21ClN2O5/c1-26-16-7-5-4-6-15(16)23-11-12(8-19(23)24)20(25)22-14-10-17(27-2)13(21)9-18(14)28-3/h4-7,9-10,12H,8,11H2,1-3H3,(H,22,25). The van der Waals surface area contributed by atoms with E-state index in [4.69, 9.17) is 25.8 Å². The van der Waals surface area contributed by atoms with Crippen molar-refractivity contribution in [2.75, 3.05) is 38.1 Å². The molecule has 1 unspecified atom stereocenters. The van der Waals surface area contributed by atoms with Gasteiger partial charge in [0.1, 0.15) is 17.2 Å². The molecule has 3 rings (SSSR count). The third-order valence-electron chi connectivity index (χ3n) is 4.60. The lowest BCUT2D eigenvalue weighted by molar-refractivity contribution is -0.122. The highest BCUT2D eigenvalue weighted by Crippen LogP contribution is 2.37. The predicted octanol–water partition coefficient (Wildman–Crippen LogP) is 3.36. The zero-order valence-corrected chi connectivity index (χ0v) is 16.6. The maximum atomic E-state index is 12.8. The van der Waals surface area contributed by atoms with Gasteiger partial charge in [0.05, 0.1) is 43.6 Å². The number of amides is 2. The number of methoxy groups -OCH3 is 3. The molecular weight excluding hydrogens is 384 g/mol. The molecule has 7 nitrogen and oxygen atoms in total. The molecule has 1 saturated heterocycles. The molecule has 1 N–H and O–H groups in total. The normalized spacial score (nSPS) is 16.1. The average Bonchev–Trinajstić information content (AvgIpc) is 3.10. The minimum Gasteiger partial charge on any atom is -0.495 e. The monoisotopic (exact) mass is 404 g/mol. The van der Waals surface area contributed by atoms with Crippen molar-refractivity contribution in [3.8, 4) is 17.2 Å². The molecule has 0 aromatic heterocycles. The Balaban J connectivity index is 1.79. The van der Waals surface area contributed by atoms with Crippen LogP contribution in [0.25, 0.3) is 0 Å². The number of ether oxygens (including phenoxy) is 3. The Morgan fingerprint density at radius 2 is 1.75 bits per heavy atom. The summed E-state index contributed by atoms with van der Waals surface area (Å²) in [7, 11) is 4.51. The van der Waals surface area contributed by atoms with Crippen molar-refractivity contribution in [2.45, 2.75) is 6.42 Å². The van der Waals surface area contributed by atoms with Crippen LogP contribution in [0.15, 0.2) is 36.4 Å². The lowest BCUT2D eigenvalue weighted by atomic mass is 10.1. The van der Waals surface area contributed by atoms with Crippen LogP contribution in [-0.4, -0.2) is 39.7 Å². The van der Waals surface area contributed by atoms with Crippen LogP contribution in [0.5, 0.6) is 17.2 Å². The van der Waals surface area contributed by atoms with Crippen LogP contribution in [0.3, 0.4) is 0 Å². The van der Waals surface area contributed by atoms with Crippen LogP contribution in [0.1, 0.15) is 6.42 Å². The minimum absolute atomic E-state index is 0.108. The number of carbonyl (C=O) groups is 2. The van der Waals surface area contributed by atoms with Gasteiger partial charge in [-0.25, -0.2) is 0 Å². The fourth-order valence-corrected chi connectivity index (χ4v) is 3.39. The number of nitrogens with one attached hydrogen (secondary N) is 1. The average molecular weight is 405 g/mol. The second-order valence-corrected chi connectivity index (χ2v) is 6.66. The Morgan fingerprint density at radius 1 is 1.07 bits per heavy atom. The van der Waals surface area contributed by atoms with E-state index in [-0.39, 0.29) is 24.8 Å². The molecule has 0 radical (unpaired) electrons. The Bertz CT molecular complexity index is 902. The van der Waals surface area contributed by atoms with E-state index in [9.17, 15) is 9.59 Å². The van der Waals surface area contributed by atoms with Crippen molar-refractivity contribution < 1.29 is 23.8 Å². The van der Waals surface area contributed by atoms with Crippen molar-refractivity contribution in [3.05, 3.63) is 41.4 Å². The lowest BCUT2D eigenvalue weighted by Gasteiger charge is -2.19. The molecule has 0 bridgehead atoms. The zero-order valence-electron chi connectivity index (χ0n) is 15.8. The van der Waals surface area contributed by atoms with Gasteiger partial charge >= 0.3 is 0 Å². The van der Waals surface area contributed by atoms with Crippen molar-refractivity contribution >= 4 is 34.8 Å². The second kappa shape index (κ2) is 8.39. The number of nitrogens with zero attached hydrogens (tertiary/aromatic N) is 1. The fourth-order valence-electron chi connectivity index (χ4n) is 3.16. The van der Waals surface area contributed by atoms with Crippen molar-refractivity contribution in [1.82, 2.24) is 0 Å². The molecule has 2 amide bonds. The van der Waals surface area contributed by atoms with E-state index in [2.05, 4.69) is 5.32 Å². The van der Waals surface area contributed by atoms with Crippen molar-refractivity contribution in [2.24, 2.45) is 5.92 Å². The molecule has 1 fully saturated rings. The fraction of sp³-hybridized carbons (Fsp3) is 0.300. The minimum atomic E-state index is -0.510. The molecule has 2 aromatic carbocycles. The molecule has 148 valence electrons. The summed E-state index contributed by atoms with van der Waals surface area (Å²) in [5, 5.41) is 3.18. The summed E-state index contributed by atoms with van der Waals surface area (Å²) in [6, 6.07) is 10.4. The number of para-hydroxylation sites is 2. The largest absolute Gasteiger partial charge is 0.495 e. The summed E-state index contributed by atoms with van der Waals surface area (Å²) >= 11 is 6.10. The number of rotatable bonds is 6. The summed E-state index contributed by atoms with van der Waals surface area (Å²) < 4.78 is 15.8. The van der Waals surface area contributed by atoms with Crippen LogP contribution in [0, 0.1) is 5.92 Å². The summed E-state index contributed by atoms with van der Waals surface area (Å²) in [6.45, 7) is 0.262. The van der Waals surface area contributed by atoms with E-state index in [0.29, 0.717) is 33.6 Å². The van der Waals surface area contributed by atoms with E-state index in [1.807, 2.05) is 12.1 Å². The Hall–Kier alpha value is -2.93. The van der Waals surface area contributed by atoms with Gasteiger partial charge in [0.25, 0.3) is 0 Å². The molecule has 8 heteroatoms. The van der Waals surface area contributed by atoms with Crippen molar-refractivity contribution in [3.63, 3.8) is 0 Å². The van der Waals surface area contributed by atoms with Gasteiger partial charge in [-0.05, 0) is 12.1 Å². The maximum Gasteiger partial charge on any atom is 0.229 e. The van der Waals surface area contributed by atoms with E-state index in [0.717, 1.165) is 0 Å².